The Morgan fingerprint density at radius 2 is 2.22 bits per heavy atom. The summed E-state index contributed by atoms with van der Waals surface area (Å²) in [6.45, 7) is 0.251. The Bertz CT molecular complexity index is 534. The minimum Gasteiger partial charge on any atom is -0.505 e. The first-order chi connectivity index (χ1) is 8.40. The van der Waals surface area contributed by atoms with Crippen LogP contribution >= 0.6 is 11.6 Å². The SMILES string of the molecule is NC1CC(=O)N(c2cc(Cl)c([N+](=O)[O-])cc2O)C1. The minimum atomic E-state index is -0.705. The highest BCUT2D eigenvalue weighted by molar-refractivity contribution is 6.33. The van der Waals surface area contributed by atoms with Gasteiger partial charge in [-0.05, 0) is 6.07 Å². The van der Waals surface area contributed by atoms with Crippen molar-refractivity contribution in [2.45, 2.75) is 12.5 Å². The van der Waals surface area contributed by atoms with Gasteiger partial charge in [0.25, 0.3) is 5.69 Å². The second kappa shape index (κ2) is 4.43. The maximum atomic E-state index is 11.6. The van der Waals surface area contributed by atoms with Crippen molar-refractivity contribution in [2.24, 2.45) is 5.73 Å². The average Bonchev–Trinajstić information content (AvgIpc) is 2.60. The van der Waals surface area contributed by atoms with Crippen LogP contribution in [-0.4, -0.2) is 28.5 Å². The monoisotopic (exact) mass is 271 g/mol. The van der Waals surface area contributed by atoms with Gasteiger partial charge in [0.15, 0.2) is 0 Å². The third-order valence-corrected chi connectivity index (χ3v) is 2.99. The number of nitro benzene ring substituents is 1. The molecule has 1 heterocycles. The van der Waals surface area contributed by atoms with E-state index in [9.17, 15) is 20.0 Å². The van der Waals surface area contributed by atoms with Crippen molar-refractivity contribution in [1.29, 1.82) is 0 Å². The molecule has 0 saturated carbocycles. The number of halogens is 1. The summed E-state index contributed by atoms with van der Waals surface area (Å²) in [5.41, 5.74) is 5.37. The predicted octanol–water partition coefficient (Wildman–Crippen LogP) is 1.02. The lowest BCUT2D eigenvalue weighted by Crippen LogP contribution is -2.28. The number of nitrogens with zero attached hydrogens (tertiary/aromatic N) is 2. The van der Waals surface area contributed by atoms with Gasteiger partial charge in [0.2, 0.25) is 5.91 Å². The van der Waals surface area contributed by atoms with Gasteiger partial charge >= 0.3 is 0 Å². The van der Waals surface area contributed by atoms with Gasteiger partial charge in [0, 0.05) is 19.0 Å². The Morgan fingerprint density at radius 1 is 1.56 bits per heavy atom. The normalized spacial score (nSPS) is 19.3. The van der Waals surface area contributed by atoms with Gasteiger partial charge in [-0.25, -0.2) is 0 Å². The van der Waals surface area contributed by atoms with E-state index in [1.54, 1.807) is 0 Å². The molecule has 8 heteroatoms. The molecular weight excluding hydrogens is 262 g/mol. The Labute approximate surface area is 107 Å². The zero-order valence-corrected chi connectivity index (χ0v) is 9.92. The van der Waals surface area contributed by atoms with E-state index in [0.717, 1.165) is 6.07 Å². The molecule has 1 aliphatic heterocycles. The van der Waals surface area contributed by atoms with Crippen LogP contribution in [0.3, 0.4) is 0 Å². The van der Waals surface area contributed by atoms with Crippen LogP contribution in [0.4, 0.5) is 11.4 Å². The molecule has 2 rings (SSSR count). The second-order valence-electron chi connectivity index (χ2n) is 4.02. The molecule has 1 unspecified atom stereocenters. The molecule has 1 amide bonds. The maximum absolute atomic E-state index is 11.6. The average molecular weight is 272 g/mol. The highest BCUT2D eigenvalue weighted by Crippen LogP contribution is 2.38. The first-order valence-electron chi connectivity index (χ1n) is 5.13. The Morgan fingerprint density at radius 3 is 2.72 bits per heavy atom. The van der Waals surface area contributed by atoms with Crippen LogP contribution in [0.15, 0.2) is 12.1 Å². The molecule has 1 aromatic rings. The van der Waals surface area contributed by atoms with Crippen LogP contribution in [0.1, 0.15) is 6.42 Å². The van der Waals surface area contributed by atoms with Gasteiger partial charge in [-0.2, -0.15) is 0 Å². The molecular formula is C10H10ClN3O4. The smallest absolute Gasteiger partial charge is 0.291 e. The fourth-order valence-corrected chi connectivity index (χ4v) is 2.09. The van der Waals surface area contributed by atoms with Crippen LogP contribution in [0.25, 0.3) is 0 Å². The van der Waals surface area contributed by atoms with Crippen molar-refractivity contribution in [3.05, 3.63) is 27.3 Å². The van der Waals surface area contributed by atoms with Gasteiger partial charge in [-0.1, -0.05) is 11.6 Å². The number of carbonyl (C=O) groups excluding carboxylic acids is 1. The van der Waals surface area contributed by atoms with Crippen molar-refractivity contribution < 1.29 is 14.8 Å². The summed E-state index contributed by atoms with van der Waals surface area (Å²) in [5, 5.41) is 20.2. The molecule has 96 valence electrons. The summed E-state index contributed by atoms with van der Waals surface area (Å²) in [4.78, 5) is 22.8. The van der Waals surface area contributed by atoms with Crippen molar-refractivity contribution in [1.82, 2.24) is 0 Å². The number of nitro groups is 1. The van der Waals surface area contributed by atoms with E-state index in [1.807, 2.05) is 0 Å². The zero-order chi connectivity index (χ0) is 13.4. The zero-order valence-electron chi connectivity index (χ0n) is 9.17. The second-order valence-corrected chi connectivity index (χ2v) is 4.43. The largest absolute Gasteiger partial charge is 0.505 e. The van der Waals surface area contributed by atoms with Crippen LogP contribution in [0.5, 0.6) is 5.75 Å². The number of phenols is 1. The third-order valence-electron chi connectivity index (χ3n) is 2.69. The van der Waals surface area contributed by atoms with Gasteiger partial charge in [-0.3, -0.25) is 14.9 Å². The van der Waals surface area contributed by atoms with E-state index in [2.05, 4.69) is 0 Å². The first kappa shape index (κ1) is 12.6. The number of aromatic hydroxyl groups is 1. The number of phenolic OH excluding ortho intramolecular Hbond substituents is 1. The van der Waals surface area contributed by atoms with E-state index in [1.165, 1.54) is 11.0 Å². The number of hydrogen-bond donors (Lipinski definition) is 2. The maximum Gasteiger partial charge on any atom is 0.291 e. The highest BCUT2D eigenvalue weighted by Gasteiger charge is 2.31. The molecule has 1 fully saturated rings. The van der Waals surface area contributed by atoms with Crippen LogP contribution in [0.2, 0.25) is 5.02 Å². The fraction of sp³-hybridized carbons (Fsp3) is 0.300. The number of rotatable bonds is 2. The summed E-state index contributed by atoms with van der Waals surface area (Å²) in [6, 6.07) is 1.81. The highest BCUT2D eigenvalue weighted by atomic mass is 35.5. The minimum absolute atomic E-state index is 0.138. The standard InChI is InChI=1S/C10H10ClN3O4/c11-6-2-8(9(15)3-7(6)14(17)18)13-4-5(12)1-10(13)16/h2-3,5,15H,1,4,12H2. The van der Waals surface area contributed by atoms with Crippen LogP contribution in [-0.2, 0) is 4.79 Å². The van der Waals surface area contributed by atoms with E-state index >= 15 is 0 Å². The summed E-state index contributed by atoms with van der Waals surface area (Å²) >= 11 is 5.74. The van der Waals surface area contributed by atoms with Gasteiger partial charge in [0.1, 0.15) is 10.8 Å². The molecule has 3 N–H and O–H groups in total. The lowest BCUT2D eigenvalue weighted by Gasteiger charge is -2.17. The fourth-order valence-electron chi connectivity index (χ4n) is 1.86. The molecule has 0 bridgehead atoms. The molecule has 7 nitrogen and oxygen atoms in total. The summed E-state index contributed by atoms with van der Waals surface area (Å²) in [6.07, 6.45) is 0.175. The van der Waals surface area contributed by atoms with Crippen LogP contribution < -0.4 is 10.6 Å². The molecule has 1 atom stereocenters. The number of nitrogens with two attached hydrogens (primary N) is 1. The van der Waals surface area contributed by atoms with E-state index in [0.29, 0.717) is 0 Å². The Hall–Kier alpha value is -1.86. The summed E-state index contributed by atoms with van der Waals surface area (Å²) in [5.74, 6) is -0.615. The summed E-state index contributed by atoms with van der Waals surface area (Å²) in [7, 11) is 0. The molecule has 18 heavy (non-hydrogen) atoms. The number of benzene rings is 1. The molecule has 0 aromatic heterocycles. The van der Waals surface area contributed by atoms with Gasteiger partial charge < -0.3 is 15.7 Å². The molecule has 0 aliphatic carbocycles. The Kier molecular flexibility index (Phi) is 3.10. The molecule has 1 aliphatic rings. The van der Waals surface area contributed by atoms with E-state index < -0.39 is 10.6 Å². The Balaban J connectivity index is 2.44. The van der Waals surface area contributed by atoms with Crippen molar-refractivity contribution >= 4 is 28.9 Å². The lowest BCUT2D eigenvalue weighted by atomic mass is 10.2. The van der Waals surface area contributed by atoms with E-state index in [-0.39, 0.29) is 41.4 Å². The predicted molar refractivity (Wildman–Crippen MR) is 64.7 cm³/mol. The topological polar surface area (TPSA) is 110 Å². The molecule has 0 spiro atoms. The van der Waals surface area contributed by atoms with Crippen molar-refractivity contribution in [3.8, 4) is 5.75 Å². The van der Waals surface area contributed by atoms with Gasteiger partial charge in [-0.15, -0.1) is 0 Å². The number of carbonyl (C=O) groups is 1. The molecule has 1 saturated heterocycles. The third kappa shape index (κ3) is 2.09. The summed E-state index contributed by atoms with van der Waals surface area (Å²) < 4.78 is 0. The molecule has 0 radical (unpaired) electrons. The van der Waals surface area contributed by atoms with Crippen molar-refractivity contribution in [2.75, 3.05) is 11.4 Å². The van der Waals surface area contributed by atoms with Gasteiger partial charge in [0.05, 0.1) is 16.7 Å². The lowest BCUT2D eigenvalue weighted by molar-refractivity contribution is -0.384. The quantitative estimate of drug-likeness (QED) is 0.616. The first-order valence-corrected chi connectivity index (χ1v) is 5.50. The number of hydrogen-bond acceptors (Lipinski definition) is 5. The number of amides is 1. The van der Waals surface area contributed by atoms with Crippen molar-refractivity contribution in [3.63, 3.8) is 0 Å². The van der Waals surface area contributed by atoms with E-state index in [4.69, 9.17) is 17.3 Å². The molecule has 1 aromatic carbocycles. The number of anilines is 1. The van der Waals surface area contributed by atoms with Crippen LogP contribution in [0, 0.1) is 10.1 Å².